The molecule has 1 aliphatic carbocycles. The van der Waals surface area contributed by atoms with E-state index in [0.29, 0.717) is 24.8 Å². The van der Waals surface area contributed by atoms with Crippen LogP contribution in [0.15, 0.2) is 35.5 Å². The maximum absolute atomic E-state index is 12.1. The molecular formula is C20H30O4. The normalized spacial score (nSPS) is 20.3. The fraction of sp³-hybridized carbons (Fsp3) is 0.600. The van der Waals surface area contributed by atoms with Crippen molar-refractivity contribution in [3.63, 3.8) is 0 Å². The van der Waals surface area contributed by atoms with E-state index in [1.807, 2.05) is 0 Å². The highest BCUT2D eigenvalue weighted by molar-refractivity contribution is 5.99. The highest BCUT2D eigenvalue weighted by atomic mass is 16.4. The van der Waals surface area contributed by atoms with E-state index in [1.54, 1.807) is 12.2 Å². The SMILES string of the molecule is [2H]C([2H])(/C=C/CC1=C(/C=C/[C@@H](O)CCCCC)CCC1=O)C([2H])([2H])CC(=O)O. The lowest BCUT2D eigenvalue weighted by Gasteiger charge is -2.05. The smallest absolute Gasteiger partial charge is 0.303 e. The van der Waals surface area contributed by atoms with E-state index >= 15 is 0 Å². The monoisotopic (exact) mass is 338 g/mol. The Labute approximate surface area is 150 Å². The maximum atomic E-state index is 12.1. The fourth-order valence-corrected chi connectivity index (χ4v) is 2.51. The Bertz CT molecular complexity index is 651. The van der Waals surface area contributed by atoms with Crippen molar-refractivity contribution in [2.45, 2.75) is 77.1 Å². The lowest BCUT2D eigenvalue weighted by molar-refractivity contribution is -0.137. The van der Waals surface area contributed by atoms with E-state index in [4.69, 9.17) is 10.6 Å². The number of rotatable bonds is 12. The summed E-state index contributed by atoms with van der Waals surface area (Å²) in [6.45, 7) is 2.09. The molecule has 0 bridgehead atoms. The summed E-state index contributed by atoms with van der Waals surface area (Å²) in [5, 5.41) is 18.7. The van der Waals surface area contributed by atoms with Gasteiger partial charge in [0.15, 0.2) is 5.78 Å². The molecule has 0 amide bonds. The molecule has 4 heteroatoms. The highest BCUT2D eigenvalue weighted by Gasteiger charge is 2.20. The number of hydrogen-bond acceptors (Lipinski definition) is 3. The number of carbonyl (C=O) groups excluding carboxylic acids is 1. The molecule has 0 saturated carbocycles. The number of hydrogen-bond donors (Lipinski definition) is 2. The number of Topliss-reactive ketones (excluding diaryl/α,β-unsaturated/α-hetero) is 1. The van der Waals surface area contributed by atoms with Gasteiger partial charge in [0.2, 0.25) is 0 Å². The van der Waals surface area contributed by atoms with Gasteiger partial charge in [-0.1, -0.05) is 50.5 Å². The summed E-state index contributed by atoms with van der Waals surface area (Å²) in [5.41, 5.74) is 1.33. The number of allylic oxidation sites excluding steroid dienone is 5. The third-order valence-corrected chi connectivity index (χ3v) is 3.83. The molecule has 1 atom stereocenters. The minimum Gasteiger partial charge on any atom is -0.481 e. The van der Waals surface area contributed by atoms with Crippen molar-refractivity contribution in [1.29, 1.82) is 0 Å². The van der Waals surface area contributed by atoms with Gasteiger partial charge in [0.05, 0.1) is 6.10 Å². The zero-order chi connectivity index (χ0) is 21.4. The molecule has 0 heterocycles. The number of ketones is 1. The van der Waals surface area contributed by atoms with Crippen LogP contribution in [0.1, 0.15) is 76.5 Å². The zero-order valence-corrected chi connectivity index (χ0v) is 14.3. The minimum atomic E-state index is -2.56. The second-order valence-electron chi connectivity index (χ2n) is 5.85. The quantitative estimate of drug-likeness (QED) is 0.410. The van der Waals surface area contributed by atoms with E-state index in [1.165, 1.54) is 6.08 Å². The van der Waals surface area contributed by atoms with E-state index in [2.05, 4.69) is 6.92 Å². The summed E-state index contributed by atoms with van der Waals surface area (Å²) in [4.78, 5) is 22.8. The van der Waals surface area contributed by atoms with Gasteiger partial charge in [0.1, 0.15) is 0 Å². The first-order valence-electron chi connectivity index (χ1n) is 10.5. The van der Waals surface area contributed by atoms with Crippen LogP contribution in [0.2, 0.25) is 0 Å². The first kappa shape index (κ1) is 14.6. The molecule has 24 heavy (non-hydrogen) atoms. The predicted molar refractivity (Wildman–Crippen MR) is 95.8 cm³/mol. The van der Waals surface area contributed by atoms with Crippen LogP contribution in [0.5, 0.6) is 0 Å². The number of carboxylic acids is 1. The molecule has 0 unspecified atom stereocenters. The molecule has 0 saturated heterocycles. The number of aliphatic hydroxyl groups is 1. The van der Waals surface area contributed by atoms with Gasteiger partial charge in [-0.3, -0.25) is 9.59 Å². The third-order valence-electron chi connectivity index (χ3n) is 3.83. The highest BCUT2D eigenvalue weighted by Crippen LogP contribution is 2.27. The Morgan fingerprint density at radius 3 is 2.83 bits per heavy atom. The molecule has 134 valence electrons. The van der Waals surface area contributed by atoms with Gasteiger partial charge >= 0.3 is 5.97 Å². The summed E-state index contributed by atoms with van der Waals surface area (Å²) >= 11 is 0. The molecule has 1 aliphatic rings. The van der Waals surface area contributed by atoms with Crippen LogP contribution in [0, 0.1) is 0 Å². The van der Waals surface area contributed by atoms with Crippen LogP contribution in [-0.2, 0) is 9.59 Å². The maximum Gasteiger partial charge on any atom is 0.303 e. The molecule has 0 aromatic heterocycles. The molecular weight excluding hydrogens is 304 g/mol. The molecule has 1 rings (SSSR count). The lowest BCUT2D eigenvalue weighted by Crippen LogP contribution is -2.01. The molecule has 0 aliphatic heterocycles. The van der Waals surface area contributed by atoms with Crippen LogP contribution in [0.3, 0.4) is 0 Å². The average Bonchev–Trinajstić information content (AvgIpc) is 2.92. The molecule has 0 spiro atoms. The molecule has 0 aromatic carbocycles. The van der Waals surface area contributed by atoms with Crippen LogP contribution >= 0.6 is 0 Å². The third kappa shape index (κ3) is 8.25. The summed E-state index contributed by atoms with van der Waals surface area (Å²) in [6, 6.07) is 0. The van der Waals surface area contributed by atoms with E-state index < -0.39 is 31.2 Å². The van der Waals surface area contributed by atoms with Crippen molar-refractivity contribution >= 4 is 11.8 Å². The first-order chi connectivity index (χ1) is 13.0. The molecule has 0 radical (unpaired) electrons. The summed E-state index contributed by atoms with van der Waals surface area (Å²) in [7, 11) is 0. The van der Waals surface area contributed by atoms with Gasteiger partial charge < -0.3 is 10.2 Å². The van der Waals surface area contributed by atoms with Crippen molar-refractivity contribution in [3.05, 3.63) is 35.5 Å². The molecule has 0 fully saturated rings. The van der Waals surface area contributed by atoms with Crippen molar-refractivity contribution < 1.29 is 25.3 Å². The topological polar surface area (TPSA) is 74.6 Å². The number of aliphatic hydroxyl groups excluding tert-OH is 1. The lowest BCUT2D eigenvalue weighted by atomic mass is 10.0. The number of aliphatic carboxylic acids is 1. The number of carboxylic acid groups (broad SMARTS) is 1. The second kappa shape index (κ2) is 11.8. The van der Waals surface area contributed by atoms with Crippen LogP contribution in [0.4, 0.5) is 0 Å². The summed E-state index contributed by atoms with van der Waals surface area (Å²) < 4.78 is 30.9. The molecule has 0 aromatic rings. The Kier molecular flexibility index (Phi) is 7.20. The molecule has 2 N–H and O–H groups in total. The Hall–Kier alpha value is -1.68. The van der Waals surface area contributed by atoms with Crippen LogP contribution in [0.25, 0.3) is 0 Å². The van der Waals surface area contributed by atoms with Gasteiger partial charge in [0, 0.05) is 23.9 Å². The average molecular weight is 338 g/mol. The van der Waals surface area contributed by atoms with E-state index in [-0.39, 0.29) is 12.2 Å². The Morgan fingerprint density at radius 2 is 2.12 bits per heavy atom. The first-order valence-corrected chi connectivity index (χ1v) is 8.51. The molecule has 4 nitrogen and oxygen atoms in total. The van der Waals surface area contributed by atoms with Gasteiger partial charge in [0.25, 0.3) is 0 Å². The Balaban J connectivity index is 2.80. The Morgan fingerprint density at radius 1 is 1.33 bits per heavy atom. The van der Waals surface area contributed by atoms with Gasteiger partial charge in [-0.05, 0) is 37.6 Å². The number of unbranched alkanes of at least 4 members (excludes halogenated alkanes) is 2. The van der Waals surface area contributed by atoms with E-state index in [0.717, 1.165) is 30.9 Å². The van der Waals surface area contributed by atoms with Crippen molar-refractivity contribution in [2.75, 3.05) is 0 Å². The second-order valence-corrected chi connectivity index (χ2v) is 5.85. The van der Waals surface area contributed by atoms with Crippen molar-refractivity contribution in [1.82, 2.24) is 0 Å². The van der Waals surface area contributed by atoms with Gasteiger partial charge in [-0.2, -0.15) is 0 Å². The van der Waals surface area contributed by atoms with Gasteiger partial charge in [-0.25, -0.2) is 0 Å². The zero-order valence-electron chi connectivity index (χ0n) is 18.3. The van der Waals surface area contributed by atoms with Crippen molar-refractivity contribution in [2.24, 2.45) is 0 Å². The summed E-state index contributed by atoms with van der Waals surface area (Å²) in [5.74, 6) is -1.46. The largest absolute Gasteiger partial charge is 0.481 e. The van der Waals surface area contributed by atoms with Crippen LogP contribution < -0.4 is 0 Å². The summed E-state index contributed by atoms with van der Waals surface area (Å²) in [6.07, 6.45) is 4.06. The number of carbonyl (C=O) groups is 2. The van der Waals surface area contributed by atoms with Crippen LogP contribution in [-0.4, -0.2) is 28.1 Å². The van der Waals surface area contributed by atoms with Crippen molar-refractivity contribution in [3.8, 4) is 0 Å². The minimum absolute atomic E-state index is 0.0427. The van der Waals surface area contributed by atoms with Gasteiger partial charge in [-0.15, -0.1) is 0 Å². The standard InChI is InChI=1S/C20H30O4/c1-2-3-6-9-17(21)14-12-16-13-15-19(22)18(16)10-7-4-5-8-11-20(23)24/h4,7,12,14,17,21H,2-3,5-6,8-11,13,15H2,1H3,(H,23,24)/b7-4+,14-12+/t17-/m0/s1/i5D2,8D2. The predicted octanol–water partition coefficient (Wildman–Crippen LogP) is 4.34. The van der Waals surface area contributed by atoms with E-state index in [9.17, 15) is 14.7 Å². The fourth-order valence-electron chi connectivity index (χ4n) is 2.51.